The molecule has 20 heavy (non-hydrogen) atoms. The molecule has 2 rings (SSSR count). The molecule has 0 saturated heterocycles. The van der Waals surface area contributed by atoms with Gasteiger partial charge in [-0.1, -0.05) is 18.2 Å². The Labute approximate surface area is 112 Å². The van der Waals surface area contributed by atoms with Gasteiger partial charge in [0.2, 0.25) is 0 Å². The van der Waals surface area contributed by atoms with Gasteiger partial charge >= 0.3 is 12.1 Å². The highest BCUT2D eigenvalue weighted by Crippen LogP contribution is 2.34. The van der Waals surface area contributed by atoms with Crippen molar-refractivity contribution in [2.45, 2.75) is 6.18 Å². The maximum absolute atomic E-state index is 12.6. The van der Waals surface area contributed by atoms with Crippen LogP contribution in [0, 0.1) is 0 Å². The number of para-hydroxylation sites is 1. The number of hydrogen-bond acceptors (Lipinski definition) is 2. The molecule has 0 aromatic heterocycles. The Morgan fingerprint density at radius 2 is 1.70 bits per heavy atom. The van der Waals surface area contributed by atoms with Gasteiger partial charge in [-0.3, -0.25) is 0 Å². The summed E-state index contributed by atoms with van der Waals surface area (Å²) in [5.74, 6) is -1.28. The number of aromatic carboxylic acids is 1. The van der Waals surface area contributed by atoms with Crippen LogP contribution in [-0.4, -0.2) is 11.1 Å². The molecule has 1 N–H and O–H groups in total. The number of rotatable bonds is 3. The summed E-state index contributed by atoms with van der Waals surface area (Å²) in [6.45, 7) is 0. The fourth-order valence-corrected chi connectivity index (χ4v) is 1.58. The van der Waals surface area contributed by atoms with E-state index in [-0.39, 0.29) is 5.75 Å². The summed E-state index contributed by atoms with van der Waals surface area (Å²) in [4.78, 5) is 11.0. The lowest BCUT2D eigenvalue weighted by molar-refractivity contribution is -0.137. The predicted molar refractivity (Wildman–Crippen MR) is 64.9 cm³/mol. The lowest BCUT2D eigenvalue weighted by Gasteiger charge is -2.12. The molecule has 0 aliphatic heterocycles. The van der Waals surface area contributed by atoms with E-state index in [1.54, 1.807) is 30.3 Å². The highest BCUT2D eigenvalue weighted by Gasteiger charge is 2.32. The Kier molecular flexibility index (Phi) is 3.65. The molecule has 0 aliphatic carbocycles. The van der Waals surface area contributed by atoms with Crippen molar-refractivity contribution in [1.82, 2.24) is 0 Å². The molecule has 0 atom stereocenters. The molecule has 104 valence electrons. The van der Waals surface area contributed by atoms with E-state index in [2.05, 4.69) is 0 Å². The molecule has 0 fully saturated rings. The average molecular weight is 282 g/mol. The lowest BCUT2D eigenvalue weighted by atomic mass is 10.1. The lowest BCUT2D eigenvalue weighted by Crippen LogP contribution is -2.08. The van der Waals surface area contributed by atoms with Crippen molar-refractivity contribution in [2.24, 2.45) is 0 Å². The van der Waals surface area contributed by atoms with Gasteiger partial charge in [0.05, 0.1) is 5.56 Å². The Balaban J connectivity index is 2.41. The smallest absolute Gasteiger partial charge is 0.416 e. The fourth-order valence-electron chi connectivity index (χ4n) is 1.58. The maximum atomic E-state index is 12.6. The number of benzene rings is 2. The van der Waals surface area contributed by atoms with Crippen LogP contribution >= 0.6 is 0 Å². The molecule has 3 nitrogen and oxygen atoms in total. The van der Waals surface area contributed by atoms with Crippen LogP contribution in [0.5, 0.6) is 11.5 Å². The maximum Gasteiger partial charge on any atom is 0.416 e. The Morgan fingerprint density at radius 3 is 2.25 bits per heavy atom. The highest BCUT2D eigenvalue weighted by atomic mass is 19.4. The topological polar surface area (TPSA) is 46.5 Å². The molecule has 2 aromatic carbocycles. The van der Waals surface area contributed by atoms with Crippen LogP contribution in [0.15, 0.2) is 48.5 Å². The first-order chi connectivity index (χ1) is 9.38. The number of halogens is 3. The minimum absolute atomic E-state index is 0.142. The third-order valence-corrected chi connectivity index (χ3v) is 2.51. The number of carboxylic acid groups (broad SMARTS) is 1. The first-order valence-electron chi connectivity index (χ1n) is 5.55. The zero-order chi connectivity index (χ0) is 14.8. The van der Waals surface area contributed by atoms with Gasteiger partial charge in [0.25, 0.3) is 0 Å². The molecular weight excluding hydrogens is 273 g/mol. The van der Waals surface area contributed by atoms with E-state index in [9.17, 15) is 18.0 Å². The van der Waals surface area contributed by atoms with Gasteiger partial charge in [0.1, 0.15) is 17.1 Å². The Bertz CT molecular complexity index is 621. The Morgan fingerprint density at radius 1 is 1.05 bits per heavy atom. The number of alkyl halides is 3. The van der Waals surface area contributed by atoms with Crippen molar-refractivity contribution in [3.8, 4) is 11.5 Å². The van der Waals surface area contributed by atoms with Crippen molar-refractivity contribution >= 4 is 5.97 Å². The van der Waals surface area contributed by atoms with E-state index in [1.165, 1.54) is 0 Å². The molecular formula is C14H9F3O3. The van der Waals surface area contributed by atoms with E-state index in [1.807, 2.05) is 0 Å². The summed E-state index contributed by atoms with van der Waals surface area (Å²) in [6.07, 6.45) is -4.60. The molecule has 0 saturated carbocycles. The molecule has 0 spiro atoms. The molecule has 0 aliphatic rings. The summed E-state index contributed by atoms with van der Waals surface area (Å²) in [5, 5.41) is 8.99. The summed E-state index contributed by atoms with van der Waals surface area (Å²) in [5.41, 5.74) is -1.57. The predicted octanol–water partition coefficient (Wildman–Crippen LogP) is 4.20. The molecule has 6 heteroatoms. The van der Waals surface area contributed by atoms with Gasteiger partial charge in [0.15, 0.2) is 0 Å². The zero-order valence-electron chi connectivity index (χ0n) is 10.0. The SMILES string of the molecule is O=C(O)c1cc(C(F)(F)F)ccc1Oc1ccccc1. The summed E-state index contributed by atoms with van der Waals surface area (Å²) < 4.78 is 43.0. The number of carboxylic acids is 1. The minimum atomic E-state index is -4.60. The van der Waals surface area contributed by atoms with Crippen molar-refractivity contribution in [3.05, 3.63) is 59.7 Å². The summed E-state index contributed by atoms with van der Waals surface area (Å²) >= 11 is 0. The first-order valence-corrected chi connectivity index (χ1v) is 5.55. The van der Waals surface area contributed by atoms with E-state index in [0.717, 1.165) is 12.1 Å². The van der Waals surface area contributed by atoms with Gasteiger partial charge in [0, 0.05) is 0 Å². The average Bonchev–Trinajstić information content (AvgIpc) is 2.38. The van der Waals surface area contributed by atoms with E-state index < -0.39 is 23.3 Å². The first kappa shape index (κ1) is 13.9. The number of ether oxygens (including phenoxy) is 1. The molecule has 2 aromatic rings. The third-order valence-electron chi connectivity index (χ3n) is 2.51. The number of hydrogen-bond donors (Lipinski definition) is 1. The van der Waals surface area contributed by atoms with Gasteiger partial charge in [-0.15, -0.1) is 0 Å². The third kappa shape index (κ3) is 3.09. The van der Waals surface area contributed by atoms with E-state index >= 15 is 0 Å². The second kappa shape index (κ2) is 5.24. The van der Waals surface area contributed by atoms with Crippen LogP contribution in [-0.2, 0) is 6.18 Å². The second-order valence-electron chi connectivity index (χ2n) is 3.93. The van der Waals surface area contributed by atoms with Crippen molar-refractivity contribution in [1.29, 1.82) is 0 Å². The molecule has 0 unspecified atom stereocenters. The van der Waals surface area contributed by atoms with Crippen LogP contribution in [0.2, 0.25) is 0 Å². The standard InChI is InChI=1S/C14H9F3O3/c15-14(16,17)9-6-7-12(11(8-9)13(18)19)20-10-4-2-1-3-5-10/h1-8H,(H,18,19). The Hall–Kier alpha value is -2.50. The van der Waals surface area contributed by atoms with Crippen LogP contribution in [0.1, 0.15) is 15.9 Å². The van der Waals surface area contributed by atoms with Crippen molar-refractivity contribution in [2.75, 3.05) is 0 Å². The van der Waals surface area contributed by atoms with Gasteiger partial charge in [-0.25, -0.2) is 4.79 Å². The van der Waals surface area contributed by atoms with Crippen LogP contribution in [0.3, 0.4) is 0 Å². The quantitative estimate of drug-likeness (QED) is 0.917. The van der Waals surface area contributed by atoms with Crippen molar-refractivity contribution < 1.29 is 27.8 Å². The minimum Gasteiger partial charge on any atom is -0.478 e. The molecule has 0 amide bonds. The van der Waals surface area contributed by atoms with E-state index in [0.29, 0.717) is 11.8 Å². The summed E-state index contributed by atoms with van der Waals surface area (Å²) in [7, 11) is 0. The molecule has 0 bridgehead atoms. The second-order valence-corrected chi connectivity index (χ2v) is 3.93. The molecule has 0 radical (unpaired) electrons. The van der Waals surface area contributed by atoms with Crippen LogP contribution < -0.4 is 4.74 Å². The monoisotopic (exact) mass is 282 g/mol. The fraction of sp³-hybridized carbons (Fsp3) is 0.0714. The highest BCUT2D eigenvalue weighted by molar-refractivity contribution is 5.91. The van der Waals surface area contributed by atoms with Crippen LogP contribution in [0.25, 0.3) is 0 Å². The van der Waals surface area contributed by atoms with Gasteiger partial charge in [-0.2, -0.15) is 13.2 Å². The van der Waals surface area contributed by atoms with E-state index in [4.69, 9.17) is 9.84 Å². The van der Waals surface area contributed by atoms with Gasteiger partial charge in [-0.05, 0) is 30.3 Å². The number of carbonyl (C=O) groups is 1. The van der Waals surface area contributed by atoms with Gasteiger partial charge < -0.3 is 9.84 Å². The summed E-state index contributed by atoms with van der Waals surface area (Å²) in [6, 6.07) is 10.6. The molecule has 0 heterocycles. The van der Waals surface area contributed by atoms with Crippen molar-refractivity contribution in [3.63, 3.8) is 0 Å². The largest absolute Gasteiger partial charge is 0.478 e. The zero-order valence-corrected chi connectivity index (χ0v) is 10.0. The normalized spacial score (nSPS) is 11.2. The van der Waals surface area contributed by atoms with Crippen LogP contribution in [0.4, 0.5) is 13.2 Å².